The molecule has 66 valence electrons. The summed E-state index contributed by atoms with van der Waals surface area (Å²) in [5.74, 6) is -0.316. The molecule has 1 heterocycles. The number of likely N-dealkylation sites (tertiary alicyclic amines) is 1. The third kappa shape index (κ3) is 1.52. The Kier molecular flexibility index (Phi) is 2.58. The highest BCUT2D eigenvalue weighted by molar-refractivity contribution is 6.02. The Balaban J connectivity index is 2.65. The molecule has 1 fully saturated rings. The van der Waals surface area contributed by atoms with E-state index < -0.39 is 0 Å². The van der Waals surface area contributed by atoms with Crippen molar-refractivity contribution in [2.24, 2.45) is 0 Å². The van der Waals surface area contributed by atoms with E-state index in [1.165, 1.54) is 4.90 Å². The van der Waals surface area contributed by atoms with Gasteiger partial charge in [0.05, 0.1) is 0 Å². The van der Waals surface area contributed by atoms with Gasteiger partial charge in [0.2, 0.25) is 11.8 Å². The van der Waals surface area contributed by atoms with Crippen molar-refractivity contribution in [2.45, 2.75) is 32.2 Å². The molecule has 0 bridgehead atoms. The van der Waals surface area contributed by atoms with Crippen LogP contribution in [0.4, 0.5) is 0 Å². The standard InChI is InChI=1S/C8H11NO3/c1-6(4-5-10)9-7(11)2-3-8(9)12/h5-6H,2-4H2,1H3. The van der Waals surface area contributed by atoms with E-state index in [4.69, 9.17) is 0 Å². The van der Waals surface area contributed by atoms with Crippen molar-refractivity contribution in [1.82, 2.24) is 4.90 Å². The molecule has 0 aromatic heterocycles. The number of amides is 2. The quantitative estimate of drug-likeness (QED) is 0.445. The Morgan fingerprint density at radius 1 is 1.42 bits per heavy atom. The van der Waals surface area contributed by atoms with E-state index in [1.807, 2.05) is 0 Å². The second kappa shape index (κ2) is 3.47. The first-order valence-electron chi connectivity index (χ1n) is 3.95. The molecule has 0 aromatic carbocycles. The number of rotatable bonds is 3. The molecule has 1 aliphatic heterocycles. The summed E-state index contributed by atoms with van der Waals surface area (Å²) in [7, 11) is 0. The van der Waals surface area contributed by atoms with Crippen LogP contribution in [0.25, 0.3) is 0 Å². The minimum atomic E-state index is -0.273. The van der Waals surface area contributed by atoms with Gasteiger partial charge in [0.1, 0.15) is 6.29 Å². The van der Waals surface area contributed by atoms with E-state index in [2.05, 4.69) is 0 Å². The van der Waals surface area contributed by atoms with Gasteiger partial charge in [0, 0.05) is 25.3 Å². The van der Waals surface area contributed by atoms with E-state index in [-0.39, 0.29) is 24.3 Å². The summed E-state index contributed by atoms with van der Waals surface area (Å²) >= 11 is 0. The molecular formula is C8H11NO3. The molecule has 0 aromatic rings. The van der Waals surface area contributed by atoms with Crippen molar-refractivity contribution in [3.8, 4) is 0 Å². The first-order chi connectivity index (χ1) is 5.66. The Bertz CT molecular complexity index is 208. The van der Waals surface area contributed by atoms with Gasteiger partial charge in [-0.15, -0.1) is 0 Å². The van der Waals surface area contributed by atoms with E-state index in [9.17, 15) is 14.4 Å². The maximum absolute atomic E-state index is 11.1. The van der Waals surface area contributed by atoms with Crippen LogP contribution in [0.5, 0.6) is 0 Å². The van der Waals surface area contributed by atoms with Gasteiger partial charge in [-0.2, -0.15) is 0 Å². The third-order valence-electron chi connectivity index (χ3n) is 1.97. The average molecular weight is 169 g/mol. The third-order valence-corrected chi connectivity index (χ3v) is 1.97. The molecule has 0 N–H and O–H groups in total. The second-order valence-corrected chi connectivity index (χ2v) is 2.91. The van der Waals surface area contributed by atoms with Gasteiger partial charge in [0.15, 0.2) is 0 Å². The Labute approximate surface area is 70.5 Å². The molecule has 0 saturated carbocycles. The zero-order chi connectivity index (χ0) is 9.14. The molecular weight excluding hydrogens is 158 g/mol. The lowest BCUT2D eigenvalue weighted by Gasteiger charge is -2.19. The highest BCUT2D eigenvalue weighted by Gasteiger charge is 2.32. The molecule has 0 radical (unpaired) electrons. The predicted molar refractivity (Wildman–Crippen MR) is 41.2 cm³/mol. The molecule has 1 aliphatic rings. The lowest BCUT2D eigenvalue weighted by molar-refractivity contribution is -0.140. The van der Waals surface area contributed by atoms with Crippen LogP contribution in [-0.2, 0) is 14.4 Å². The number of hydrogen-bond acceptors (Lipinski definition) is 3. The van der Waals surface area contributed by atoms with Crippen LogP contribution in [-0.4, -0.2) is 29.0 Å². The van der Waals surface area contributed by atoms with Gasteiger partial charge in [-0.05, 0) is 6.92 Å². The van der Waals surface area contributed by atoms with Gasteiger partial charge in [-0.1, -0.05) is 0 Å². The number of nitrogens with zero attached hydrogens (tertiary/aromatic N) is 1. The Morgan fingerprint density at radius 3 is 2.33 bits per heavy atom. The summed E-state index contributed by atoms with van der Waals surface area (Å²) in [5.41, 5.74) is 0. The maximum atomic E-state index is 11.1. The molecule has 12 heavy (non-hydrogen) atoms. The van der Waals surface area contributed by atoms with Crippen molar-refractivity contribution in [1.29, 1.82) is 0 Å². The summed E-state index contributed by atoms with van der Waals surface area (Å²) < 4.78 is 0. The Morgan fingerprint density at radius 2 is 1.92 bits per heavy atom. The van der Waals surface area contributed by atoms with Crippen LogP contribution in [0.1, 0.15) is 26.2 Å². The predicted octanol–water partition coefficient (Wildman–Crippen LogP) is 0.113. The first kappa shape index (κ1) is 8.90. The van der Waals surface area contributed by atoms with Crippen LogP contribution in [0.2, 0.25) is 0 Å². The SMILES string of the molecule is CC(CC=O)N1C(=O)CCC1=O. The second-order valence-electron chi connectivity index (χ2n) is 2.91. The van der Waals surface area contributed by atoms with E-state index in [1.54, 1.807) is 6.92 Å². The summed E-state index contributed by atoms with van der Waals surface area (Å²) in [4.78, 5) is 33.5. The summed E-state index contributed by atoms with van der Waals surface area (Å²) in [6, 6.07) is -0.273. The van der Waals surface area contributed by atoms with Crippen molar-refractivity contribution in [3.05, 3.63) is 0 Å². The lowest BCUT2D eigenvalue weighted by Crippen LogP contribution is -2.37. The van der Waals surface area contributed by atoms with Crippen molar-refractivity contribution in [2.75, 3.05) is 0 Å². The van der Waals surface area contributed by atoms with Crippen LogP contribution >= 0.6 is 0 Å². The fraction of sp³-hybridized carbons (Fsp3) is 0.625. The fourth-order valence-corrected chi connectivity index (χ4v) is 1.33. The number of hydrogen-bond donors (Lipinski definition) is 0. The molecule has 1 atom stereocenters. The maximum Gasteiger partial charge on any atom is 0.229 e. The molecule has 4 heteroatoms. The highest BCUT2D eigenvalue weighted by atomic mass is 16.2. The van der Waals surface area contributed by atoms with Crippen LogP contribution in [0.3, 0.4) is 0 Å². The normalized spacial score (nSPS) is 19.9. The largest absolute Gasteiger partial charge is 0.303 e. The monoisotopic (exact) mass is 169 g/mol. The zero-order valence-corrected chi connectivity index (χ0v) is 6.95. The van der Waals surface area contributed by atoms with E-state index in [0.717, 1.165) is 6.29 Å². The lowest BCUT2D eigenvalue weighted by atomic mass is 10.2. The number of carbonyl (C=O) groups is 3. The first-order valence-corrected chi connectivity index (χ1v) is 3.95. The fourth-order valence-electron chi connectivity index (χ4n) is 1.33. The molecule has 1 unspecified atom stereocenters. The number of imide groups is 1. The van der Waals surface area contributed by atoms with Gasteiger partial charge in [-0.25, -0.2) is 0 Å². The van der Waals surface area contributed by atoms with Gasteiger partial charge >= 0.3 is 0 Å². The van der Waals surface area contributed by atoms with Gasteiger partial charge < -0.3 is 4.79 Å². The number of aldehydes is 1. The van der Waals surface area contributed by atoms with Crippen molar-refractivity contribution < 1.29 is 14.4 Å². The molecule has 2 amide bonds. The minimum Gasteiger partial charge on any atom is -0.303 e. The van der Waals surface area contributed by atoms with Crippen LogP contribution in [0, 0.1) is 0 Å². The minimum absolute atomic E-state index is 0.158. The molecule has 1 rings (SSSR count). The van der Waals surface area contributed by atoms with Crippen molar-refractivity contribution >= 4 is 18.1 Å². The number of carbonyl (C=O) groups excluding carboxylic acids is 3. The summed E-state index contributed by atoms with van der Waals surface area (Å²) in [6.07, 6.45) is 1.55. The molecule has 1 saturated heterocycles. The van der Waals surface area contributed by atoms with E-state index in [0.29, 0.717) is 12.8 Å². The summed E-state index contributed by atoms with van der Waals surface area (Å²) in [6.45, 7) is 1.70. The topological polar surface area (TPSA) is 54.5 Å². The van der Waals surface area contributed by atoms with Crippen LogP contribution < -0.4 is 0 Å². The molecule has 0 aliphatic carbocycles. The van der Waals surface area contributed by atoms with Crippen molar-refractivity contribution in [3.63, 3.8) is 0 Å². The van der Waals surface area contributed by atoms with Crippen LogP contribution in [0.15, 0.2) is 0 Å². The highest BCUT2D eigenvalue weighted by Crippen LogP contribution is 2.16. The Hall–Kier alpha value is -1.19. The van der Waals surface area contributed by atoms with Gasteiger partial charge in [-0.3, -0.25) is 14.5 Å². The smallest absolute Gasteiger partial charge is 0.229 e. The van der Waals surface area contributed by atoms with E-state index >= 15 is 0 Å². The molecule has 0 spiro atoms. The average Bonchev–Trinajstić information content (AvgIpc) is 2.32. The van der Waals surface area contributed by atoms with Gasteiger partial charge in [0.25, 0.3) is 0 Å². The zero-order valence-electron chi connectivity index (χ0n) is 6.95. The molecule has 4 nitrogen and oxygen atoms in total. The summed E-state index contributed by atoms with van der Waals surface area (Å²) in [5, 5.41) is 0.